The second kappa shape index (κ2) is 10.7. The number of carboxylic acid groups (broad SMARTS) is 1. The molecule has 2 aromatic rings. The van der Waals surface area contributed by atoms with E-state index in [0.29, 0.717) is 13.0 Å². The molecule has 0 bridgehead atoms. The highest BCUT2D eigenvalue weighted by molar-refractivity contribution is 5.79. The lowest BCUT2D eigenvalue weighted by molar-refractivity contribution is -0.138. The van der Waals surface area contributed by atoms with E-state index in [9.17, 15) is 14.4 Å². The van der Waals surface area contributed by atoms with Crippen molar-refractivity contribution in [3.8, 4) is 11.1 Å². The molecule has 3 atom stereocenters. The summed E-state index contributed by atoms with van der Waals surface area (Å²) in [7, 11) is 0. The molecule has 180 valence electrons. The van der Waals surface area contributed by atoms with E-state index in [1.165, 1.54) is 22.3 Å². The van der Waals surface area contributed by atoms with Gasteiger partial charge in [0.25, 0.3) is 0 Å². The summed E-state index contributed by atoms with van der Waals surface area (Å²) < 4.78 is 5.66. The summed E-state index contributed by atoms with van der Waals surface area (Å²) in [4.78, 5) is 35.8. The minimum atomic E-state index is -0.870. The Hall–Kier alpha value is -3.35. The van der Waals surface area contributed by atoms with Gasteiger partial charge in [-0.3, -0.25) is 9.59 Å². The molecule has 0 spiro atoms. The molecule has 3 N–H and O–H groups in total. The van der Waals surface area contributed by atoms with Gasteiger partial charge in [-0.2, -0.15) is 0 Å². The number of nitrogens with one attached hydrogen (secondary N) is 2. The first-order valence-corrected chi connectivity index (χ1v) is 12.0. The van der Waals surface area contributed by atoms with Crippen molar-refractivity contribution in [2.45, 2.75) is 51.0 Å². The number of benzene rings is 2. The van der Waals surface area contributed by atoms with E-state index in [1.807, 2.05) is 24.3 Å². The van der Waals surface area contributed by atoms with Crippen molar-refractivity contribution in [3.05, 3.63) is 59.7 Å². The first-order chi connectivity index (χ1) is 16.4. The number of hydrogen-bond acceptors (Lipinski definition) is 4. The van der Waals surface area contributed by atoms with Crippen LogP contribution in [0.15, 0.2) is 48.5 Å². The van der Waals surface area contributed by atoms with Gasteiger partial charge in [-0.1, -0.05) is 61.9 Å². The van der Waals surface area contributed by atoms with E-state index < -0.39 is 12.1 Å². The summed E-state index contributed by atoms with van der Waals surface area (Å²) in [5.41, 5.74) is 4.71. The fourth-order valence-corrected chi connectivity index (χ4v) is 5.23. The topological polar surface area (TPSA) is 105 Å². The molecule has 34 heavy (non-hydrogen) atoms. The van der Waals surface area contributed by atoms with Crippen LogP contribution in [-0.4, -0.2) is 42.3 Å². The zero-order chi connectivity index (χ0) is 24.1. The number of aliphatic carboxylic acids is 1. The average Bonchev–Trinajstić information content (AvgIpc) is 3.37. The average molecular weight is 465 g/mol. The molecule has 1 fully saturated rings. The number of hydrogen-bond donors (Lipinski definition) is 3. The molecular weight excluding hydrogens is 432 g/mol. The summed E-state index contributed by atoms with van der Waals surface area (Å²) >= 11 is 0. The van der Waals surface area contributed by atoms with Crippen LogP contribution in [0.5, 0.6) is 0 Å². The van der Waals surface area contributed by atoms with E-state index in [4.69, 9.17) is 9.84 Å². The number of fused-ring (bicyclic) bond motifs is 3. The van der Waals surface area contributed by atoms with E-state index in [2.05, 4.69) is 34.9 Å². The van der Waals surface area contributed by atoms with Gasteiger partial charge in [-0.25, -0.2) is 4.79 Å². The van der Waals surface area contributed by atoms with Gasteiger partial charge >= 0.3 is 12.1 Å². The number of carbonyl (C=O) groups is 3. The van der Waals surface area contributed by atoms with Gasteiger partial charge in [0.2, 0.25) is 5.91 Å². The van der Waals surface area contributed by atoms with Crippen molar-refractivity contribution >= 4 is 18.0 Å². The molecule has 0 radical (unpaired) electrons. The minimum Gasteiger partial charge on any atom is -0.481 e. The Morgan fingerprint density at radius 3 is 2.32 bits per heavy atom. The lowest BCUT2D eigenvalue weighted by Crippen LogP contribution is -2.40. The van der Waals surface area contributed by atoms with Crippen LogP contribution in [0.3, 0.4) is 0 Å². The van der Waals surface area contributed by atoms with Crippen molar-refractivity contribution < 1.29 is 24.2 Å². The van der Waals surface area contributed by atoms with E-state index in [1.54, 1.807) is 6.92 Å². The second-order valence-electron chi connectivity index (χ2n) is 9.48. The lowest BCUT2D eigenvalue weighted by Gasteiger charge is -2.22. The molecule has 4 rings (SSSR count). The fraction of sp³-hybridized carbons (Fsp3) is 0.444. The van der Waals surface area contributed by atoms with Crippen LogP contribution >= 0.6 is 0 Å². The Morgan fingerprint density at radius 1 is 1.03 bits per heavy atom. The zero-order valence-corrected chi connectivity index (χ0v) is 19.5. The predicted octanol–water partition coefficient (Wildman–Crippen LogP) is 4.31. The van der Waals surface area contributed by atoms with Crippen LogP contribution in [0.4, 0.5) is 4.79 Å². The van der Waals surface area contributed by atoms with Crippen molar-refractivity contribution in [3.63, 3.8) is 0 Å². The van der Waals surface area contributed by atoms with Gasteiger partial charge in [-0.05, 0) is 46.9 Å². The highest BCUT2D eigenvalue weighted by Crippen LogP contribution is 2.44. The molecule has 0 aromatic heterocycles. The molecule has 2 amide bonds. The summed E-state index contributed by atoms with van der Waals surface area (Å²) in [5.74, 6) is -1.04. The van der Waals surface area contributed by atoms with Gasteiger partial charge in [0.15, 0.2) is 0 Å². The number of ether oxygens (including phenoxy) is 1. The molecule has 7 heteroatoms. The summed E-state index contributed by atoms with van der Waals surface area (Å²) in [6, 6.07) is 16.3. The van der Waals surface area contributed by atoms with Gasteiger partial charge in [0.05, 0.1) is 0 Å². The summed E-state index contributed by atoms with van der Waals surface area (Å²) in [6.45, 7) is 2.40. The van der Waals surface area contributed by atoms with Crippen LogP contribution < -0.4 is 10.6 Å². The summed E-state index contributed by atoms with van der Waals surface area (Å²) in [6.07, 6.45) is 2.52. The van der Waals surface area contributed by atoms with Crippen molar-refractivity contribution in [2.75, 3.05) is 13.2 Å². The maximum Gasteiger partial charge on any atom is 0.407 e. The highest BCUT2D eigenvalue weighted by Gasteiger charge is 2.32. The number of alkyl carbamates (subject to hydrolysis) is 1. The monoisotopic (exact) mass is 464 g/mol. The number of carboxylic acids is 1. The molecule has 3 unspecified atom stereocenters. The largest absolute Gasteiger partial charge is 0.481 e. The van der Waals surface area contributed by atoms with Crippen LogP contribution in [0.1, 0.15) is 56.1 Å². The molecule has 0 saturated heterocycles. The SMILES string of the molecule is CC(CNC(=O)CC1CCCC1NC(=O)OCC1c2ccccc2-c2ccccc21)CC(=O)O. The normalized spacial score (nSPS) is 19.7. The van der Waals surface area contributed by atoms with Crippen molar-refractivity contribution in [2.24, 2.45) is 11.8 Å². The first-order valence-electron chi connectivity index (χ1n) is 12.0. The highest BCUT2D eigenvalue weighted by atomic mass is 16.5. The van der Waals surface area contributed by atoms with E-state index in [0.717, 1.165) is 19.3 Å². The molecule has 7 nitrogen and oxygen atoms in total. The predicted molar refractivity (Wildman–Crippen MR) is 128 cm³/mol. The van der Waals surface area contributed by atoms with Crippen molar-refractivity contribution in [1.29, 1.82) is 0 Å². The number of amides is 2. The van der Waals surface area contributed by atoms with Crippen LogP contribution in [0, 0.1) is 11.8 Å². The van der Waals surface area contributed by atoms with Gasteiger partial charge in [0.1, 0.15) is 6.61 Å². The maximum absolute atomic E-state index is 12.6. The quantitative estimate of drug-likeness (QED) is 0.513. The Morgan fingerprint density at radius 2 is 1.68 bits per heavy atom. The molecule has 1 saturated carbocycles. The number of carbonyl (C=O) groups excluding carboxylic acids is 2. The Labute approximate surface area is 199 Å². The zero-order valence-electron chi connectivity index (χ0n) is 19.5. The van der Waals surface area contributed by atoms with Gasteiger partial charge < -0.3 is 20.5 Å². The Balaban J connectivity index is 1.28. The third-order valence-corrected chi connectivity index (χ3v) is 6.92. The standard InChI is InChI=1S/C27H32N2O5/c1-17(13-26(31)32)15-28-25(30)14-18-7-6-12-24(18)29-27(33)34-16-23-21-10-4-2-8-19(21)20-9-3-5-11-22(20)23/h2-5,8-11,17-18,23-24H,6-7,12-16H2,1H3,(H,28,30)(H,29,33)(H,31,32). The molecule has 2 aromatic carbocycles. The van der Waals surface area contributed by atoms with E-state index >= 15 is 0 Å². The summed E-state index contributed by atoms with van der Waals surface area (Å²) in [5, 5.41) is 14.6. The van der Waals surface area contributed by atoms with Crippen LogP contribution in [0.25, 0.3) is 11.1 Å². The Kier molecular flexibility index (Phi) is 7.50. The van der Waals surface area contributed by atoms with Gasteiger partial charge in [-0.15, -0.1) is 0 Å². The minimum absolute atomic E-state index is 0.0103. The maximum atomic E-state index is 12.6. The van der Waals surface area contributed by atoms with Crippen LogP contribution in [0.2, 0.25) is 0 Å². The van der Waals surface area contributed by atoms with E-state index in [-0.39, 0.29) is 42.7 Å². The molecule has 2 aliphatic carbocycles. The lowest BCUT2D eigenvalue weighted by atomic mass is 9.98. The molecule has 2 aliphatic rings. The fourth-order valence-electron chi connectivity index (χ4n) is 5.23. The molecular formula is C27H32N2O5. The second-order valence-corrected chi connectivity index (χ2v) is 9.48. The van der Waals surface area contributed by atoms with Crippen molar-refractivity contribution in [1.82, 2.24) is 10.6 Å². The molecule has 0 aliphatic heterocycles. The third kappa shape index (κ3) is 5.58. The third-order valence-electron chi connectivity index (χ3n) is 6.92. The first kappa shape index (κ1) is 23.8. The number of rotatable bonds is 9. The molecule has 0 heterocycles. The Bertz CT molecular complexity index is 1010. The van der Waals surface area contributed by atoms with Gasteiger partial charge in [0, 0.05) is 31.3 Å². The van der Waals surface area contributed by atoms with Crippen LogP contribution in [-0.2, 0) is 14.3 Å². The smallest absolute Gasteiger partial charge is 0.407 e.